The van der Waals surface area contributed by atoms with Crippen LogP contribution in [0, 0.1) is 6.20 Å². The van der Waals surface area contributed by atoms with Crippen LogP contribution in [0.25, 0.3) is 0 Å². The molecule has 0 fully saturated rings. The van der Waals surface area contributed by atoms with Crippen LogP contribution in [-0.2, 0) is 5.41 Å². The Morgan fingerprint density at radius 3 is 2.44 bits per heavy atom. The number of hydrogen-bond donors (Lipinski definition) is 0. The van der Waals surface area contributed by atoms with Crippen molar-refractivity contribution in [1.29, 1.82) is 0 Å². The highest BCUT2D eigenvalue weighted by Crippen LogP contribution is 2.18. The van der Waals surface area contributed by atoms with E-state index in [2.05, 4.69) is 11.2 Å². The molecule has 0 N–H and O–H groups in total. The Labute approximate surface area is 54.9 Å². The Kier molecular flexibility index (Phi) is 1.31. The summed E-state index contributed by atoms with van der Waals surface area (Å²) in [7, 11) is 0. The van der Waals surface area contributed by atoms with Crippen LogP contribution in [0.2, 0.25) is 0 Å². The van der Waals surface area contributed by atoms with E-state index >= 15 is 0 Å². The fourth-order valence-corrected chi connectivity index (χ4v) is 0.538. The van der Waals surface area contributed by atoms with Crippen molar-refractivity contribution >= 4 is 0 Å². The molecule has 0 aliphatic rings. The lowest BCUT2D eigenvalue weighted by Gasteiger charge is -2.11. The Morgan fingerprint density at radius 2 is 2.22 bits per heavy atom. The van der Waals surface area contributed by atoms with Crippen LogP contribution in [0.4, 0.5) is 0 Å². The van der Waals surface area contributed by atoms with Crippen LogP contribution >= 0.6 is 0 Å². The SMILES string of the molecule is CC(C)(C)c1n[c]co1. The molecule has 1 radical (unpaired) electrons. The standard InChI is InChI=1S/C7H10NO/c1-7(2,3)6-8-4-5-9-6/h5H,1-3H3. The average molecular weight is 124 g/mol. The molecule has 0 saturated carbocycles. The smallest absolute Gasteiger partial charge is 0.199 e. The molecular weight excluding hydrogens is 114 g/mol. The summed E-state index contributed by atoms with van der Waals surface area (Å²) in [6, 6.07) is 0. The zero-order chi connectivity index (χ0) is 6.91. The van der Waals surface area contributed by atoms with E-state index in [1.165, 1.54) is 6.26 Å². The first-order valence-corrected chi connectivity index (χ1v) is 2.93. The van der Waals surface area contributed by atoms with Crippen LogP contribution in [0.1, 0.15) is 26.7 Å². The zero-order valence-electron chi connectivity index (χ0n) is 5.93. The van der Waals surface area contributed by atoms with E-state index in [4.69, 9.17) is 4.42 Å². The van der Waals surface area contributed by atoms with Gasteiger partial charge in [-0.3, -0.25) is 0 Å². The van der Waals surface area contributed by atoms with Gasteiger partial charge in [0.05, 0.1) is 0 Å². The minimum Gasteiger partial charge on any atom is -0.448 e. The van der Waals surface area contributed by atoms with Crippen LogP contribution in [0.3, 0.4) is 0 Å². The van der Waals surface area contributed by atoms with Gasteiger partial charge in [0.1, 0.15) is 12.5 Å². The molecule has 2 heteroatoms. The molecule has 2 nitrogen and oxygen atoms in total. The molecule has 1 heterocycles. The third-order valence-corrected chi connectivity index (χ3v) is 1.03. The number of aromatic nitrogens is 1. The van der Waals surface area contributed by atoms with E-state index in [1.54, 1.807) is 0 Å². The molecule has 1 aromatic rings. The molecule has 0 saturated heterocycles. The van der Waals surface area contributed by atoms with Gasteiger partial charge in [0.25, 0.3) is 0 Å². The zero-order valence-corrected chi connectivity index (χ0v) is 5.93. The Bertz CT molecular complexity index is 171. The molecule has 0 aliphatic heterocycles. The Morgan fingerprint density at radius 1 is 1.56 bits per heavy atom. The van der Waals surface area contributed by atoms with Crippen LogP contribution < -0.4 is 0 Å². The van der Waals surface area contributed by atoms with Gasteiger partial charge in [-0.15, -0.1) is 0 Å². The number of oxazole rings is 1. The van der Waals surface area contributed by atoms with E-state index in [0.29, 0.717) is 0 Å². The fourth-order valence-electron chi connectivity index (χ4n) is 0.538. The van der Waals surface area contributed by atoms with Gasteiger partial charge in [0.2, 0.25) is 0 Å². The van der Waals surface area contributed by atoms with Crippen molar-refractivity contribution in [2.45, 2.75) is 26.2 Å². The first-order chi connectivity index (χ1) is 4.11. The fraction of sp³-hybridized carbons (Fsp3) is 0.571. The van der Waals surface area contributed by atoms with Gasteiger partial charge in [-0.05, 0) is 0 Å². The maximum Gasteiger partial charge on any atom is 0.199 e. The molecule has 1 rings (SSSR count). The van der Waals surface area contributed by atoms with Gasteiger partial charge >= 0.3 is 0 Å². The third kappa shape index (κ3) is 1.31. The maximum absolute atomic E-state index is 5.03. The molecule has 49 valence electrons. The highest BCUT2D eigenvalue weighted by atomic mass is 16.3. The van der Waals surface area contributed by atoms with E-state index in [-0.39, 0.29) is 5.41 Å². The van der Waals surface area contributed by atoms with E-state index < -0.39 is 0 Å². The van der Waals surface area contributed by atoms with Crippen molar-refractivity contribution in [3.63, 3.8) is 0 Å². The van der Waals surface area contributed by atoms with Crippen LogP contribution in [0.15, 0.2) is 10.7 Å². The second-order valence-corrected chi connectivity index (χ2v) is 3.03. The van der Waals surface area contributed by atoms with E-state index in [0.717, 1.165) is 5.89 Å². The molecule has 0 amide bonds. The minimum absolute atomic E-state index is 0.0139. The largest absolute Gasteiger partial charge is 0.448 e. The average Bonchev–Trinajstić information content (AvgIpc) is 2.08. The van der Waals surface area contributed by atoms with E-state index in [1.807, 2.05) is 20.8 Å². The predicted molar refractivity (Wildman–Crippen MR) is 34.0 cm³/mol. The summed E-state index contributed by atoms with van der Waals surface area (Å²) >= 11 is 0. The molecule has 9 heavy (non-hydrogen) atoms. The van der Waals surface area contributed by atoms with Gasteiger partial charge in [-0.1, -0.05) is 20.8 Å². The predicted octanol–water partition coefficient (Wildman–Crippen LogP) is 1.77. The minimum atomic E-state index is 0.0139. The molecular formula is C7H10NO. The normalized spacial score (nSPS) is 11.9. The molecule has 0 atom stereocenters. The van der Waals surface area contributed by atoms with E-state index in [9.17, 15) is 0 Å². The first-order valence-electron chi connectivity index (χ1n) is 2.93. The van der Waals surface area contributed by atoms with Crippen molar-refractivity contribution in [2.75, 3.05) is 0 Å². The van der Waals surface area contributed by atoms with Crippen molar-refractivity contribution in [2.24, 2.45) is 0 Å². The summed E-state index contributed by atoms with van der Waals surface area (Å²) in [4.78, 5) is 3.90. The number of nitrogens with zero attached hydrogens (tertiary/aromatic N) is 1. The summed E-state index contributed by atoms with van der Waals surface area (Å²) < 4.78 is 5.03. The van der Waals surface area contributed by atoms with Gasteiger partial charge in [0.15, 0.2) is 5.89 Å². The Hall–Kier alpha value is -0.790. The first kappa shape index (κ1) is 6.33. The summed E-state index contributed by atoms with van der Waals surface area (Å²) in [6.45, 7) is 6.14. The van der Waals surface area contributed by atoms with Crippen molar-refractivity contribution in [3.8, 4) is 0 Å². The quantitative estimate of drug-likeness (QED) is 0.526. The van der Waals surface area contributed by atoms with Gasteiger partial charge in [-0.25, -0.2) is 4.98 Å². The summed E-state index contributed by atoms with van der Waals surface area (Å²) in [5.41, 5.74) is 0.0139. The topological polar surface area (TPSA) is 26.0 Å². The monoisotopic (exact) mass is 124 g/mol. The molecule has 1 aromatic heterocycles. The second kappa shape index (κ2) is 1.87. The molecule has 0 unspecified atom stereocenters. The van der Waals surface area contributed by atoms with Crippen LogP contribution in [0.5, 0.6) is 0 Å². The lowest BCUT2D eigenvalue weighted by atomic mass is 9.97. The lowest BCUT2D eigenvalue weighted by molar-refractivity contribution is 0.392. The summed E-state index contributed by atoms with van der Waals surface area (Å²) in [6.07, 6.45) is 4.09. The molecule has 0 bridgehead atoms. The van der Waals surface area contributed by atoms with Gasteiger partial charge < -0.3 is 4.42 Å². The summed E-state index contributed by atoms with van der Waals surface area (Å²) in [5, 5.41) is 0. The third-order valence-electron chi connectivity index (χ3n) is 1.03. The van der Waals surface area contributed by atoms with Gasteiger partial charge in [0, 0.05) is 5.41 Å². The van der Waals surface area contributed by atoms with Gasteiger partial charge in [-0.2, -0.15) is 0 Å². The molecule has 0 aliphatic carbocycles. The highest BCUT2D eigenvalue weighted by Gasteiger charge is 2.17. The van der Waals surface area contributed by atoms with Crippen molar-refractivity contribution in [3.05, 3.63) is 18.4 Å². The number of rotatable bonds is 0. The second-order valence-electron chi connectivity index (χ2n) is 3.03. The Balaban J connectivity index is 2.90. The number of hydrogen-bond acceptors (Lipinski definition) is 2. The highest BCUT2D eigenvalue weighted by molar-refractivity contribution is 4.95. The maximum atomic E-state index is 5.03. The molecule has 0 spiro atoms. The summed E-state index contributed by atoms with van der Waals surface area (Å²) in [5.74, 6) is 0.738. The van der Waals surface area contributed by atoms with Crippen molar-refractivity contribution in [1.82, 2.24) is 4.98 Å². The lowest BCUT2D eigenvalue weighted by Crippen LogP contribution is -2.10. The molecule has 0 aromatic carbocycles. The van der Waals surface area contributed by atoms with Crippen LogP contribution in [-0.4, -0.2) is 4.98 Å². The van der Waals surface area contributed by atoms with Crippen molar-refractivity contribution < 1.29 is 4.42 Å².